The predicted octanol–water partition coefficient (Wildman–Crippen LogP) is 5.25. The average molecular weight is 584 g/mol. The molecule has 0 radical (unpaired) electrons. The van der Waals surface area contributed by atoms with Crippen LogP contribution in [0, 0.1) is 18.8 Å². The molecule has 0 aliphatic carbocycles. The van der Waals surface area contributed by atoms with Gasteiger partial charge in [0.2, 0.25) is 0 Å². The van der Waals surface area contributed by atoms with Crippen LogP contribution in [0.4, 0.5) is 11.4 Å². The van der Waals surface area contributed by atoms with E-state index in [1.54, 1.807) is 12.4 Å². The molecule has 1 amide bonds. The molecule has 0 unspecified atom stereocenters. The lowest BCUT2D eigenvalue weighted by molar-refractivity contribution is 0.102. The number of imidazole rings is 1. The molecule has 1 aliphatic rings. The summed E-state index contributed by atoms with van der Waals surface area (Å²) < 4.78 is 1.93. The molecule has 8 heteroatoms. The highest BCUT2D eigenvalue weighted by Gasteiger charge is 2.16. The van der Waals surface area contributed by atoms with E-state index >= 15 is 0 Å². The molecule has 0 atom stereocenters. The van der Waals surface area contributed by atoms with E-state index in [0.717, 1.165) is 72.9 Å². The Kier molecular flexibility index (Phi) is 8.42. The maximum atomic E-state index is 13.5. The highest BCUT2D eigenvalue weighted by Crippen LogP contribution is 2.22. The molecule has 1 aliphatic heterocycles. The molecule has 3 aromatic carbocycles. The summed E-state index contributed by atoms with van der Waals surface area (Å²) in [6.07, 6.45) is 6.31. The molecule has 1 fully saturated rings. The van der Waals surface area contributed by atoms with Crippen LogP contribution in [0.25, 0.3) is 16.9 Å². The summed E-state index contributed by atoms with van der Waals surface area (Å²) >= 11 is 0. The quantitative estimate of drug-likeness (QED) is 0.210. The summed E-state index contributed by atoms with van der Waals surface area (Å²) in [5, 5.41) is 3.16. The minimum Gasteiger partial charge on any atom is -0.399 e. The highest BCUT2D eigenvalue weighted by atomic mass is 16.1. The number of nitrogens with one attached hydrogen (secondary N) is 1. The average Bonchev–Trinajstić information content (AvgIpc) is 3.44. The van der Waals surface area contributed by atoms with Gasteiger partial charge >= 0.3 is 0 Å². The number of nitrogens with two attached hydrogens (primary N) is 1. The Morgan fingerprint density at radius 2 is 1.73 bits per heavy atom. The Morgan fingerprint density at radius 3 is 2.50 bits per heavy atom. The van der Waals surface area contributed by atoms with E-state index in [1.807, 2.05) is 60.0 Å². The number of aryl methyl sites for hydroxylation is 1. The van der Waals surface area contributed by atoms with Gasteiger partial charge in [-0.05, 0) is 79.4 Å². The lowest BCUT2D eigenvalue weighted by Crippen LogP contribution is -2.43. The number of anilines is 2. The van der Waals surface area contributed by atoms with E-state index in [9.17, 15) is 4.79 Å². The standard InChI is InChI=1S/C36H37N7O/c1-4-26-18-27(23-42-16-14-41(3)15-17-42)20-31(19-26)40-36(44)33-7-5-6-28(25(33)2)10-13-32-21-39-35-22-38-34(24-43(32)35)29-8-11-30(37)12-9-29/h5-9,11-12,18-22,24H,4,14-17,23,37H2,1-3H3,(H,40,44). The third-order valence-electron chi connectivity index (χ3n) is 8.23. The third-order valence-corrected chi connectivity index (χ3v) is 8.23. The van der Waals surface area contributed by atoms with Crippen molar-refractivity contribution in [2.24, 2.45) is 0 Å². The van der Waals surface area contributed by atoms with Crippen molar-refractivity contribution in [2.45, 2.75) is 26.8 Å². The molecule has 1 saturated heterocycles. The number of fused-ring (bicyclic) bond motifs is 1. The summed E-state index contributed by atoms with van der Waals surface area (Å²) in [5.41, 5.74) is 15.2. The van der Waals surface area contributed by atoms with E-state index in [1.165, 1.54) is 11.1 Å². The monoisotopic (exact) mass is 583 g/mol. The first kappa shape index (κ1) is 29.1. The minimum absolute atomic E-state index is 0.140. The van der Waals surface area contributed by atoms with Gasteiger partial charge in [-0.3, -0.25) is 19.1 Å². The summed E-state index contributed by atoms with van der Waals surface area (Å²) in [6, 6.07) is 19.7. The molecule has 6 rings (SSSR count). The van der Waals surface area contributed by atoms with Crippen LogP contribution >= 0.6 is 0 Å². The molecular formula is C36H37N7O. The molecule has 222 valence electrons. The molecule has 8 nitrogen and oxygen atoms in total. The Labute approximate surface area is 258 Å². The number of carbonyl (C=O) groups is 1. The van der Waals surface area contributed by atoms with Crippen molar-refractivity contribution < 1.29 is 4.79 Å². The number of benzene rings is 3. The molecule has 0 spiro atoms. The maximum Gasteiger partial charge on any atom is 0.255 e. The van der Waals surface area contributed by atoms with Gasteiger partial charge in [0.05, 0.1) is 18.1 Å². The second-order valence-corrected chi connectivity index (χ2v) is 11.4. The summed E-state index contributed by atoms with van der Waals surface area (Å²) in [4.78, 5) is 27.4. The molecular weight excluding hydrogens is 546 g/mol. The topological polar surface area (TPSA) is 91.8 Å². The Bertz CT molecular complexity index is 1870. The van der Waals surface area contributed by atoms with E-state index in [2.05, 4.69) is 69.1 Å². The van der Waals surface area contributed by atoms with Crippen molar-refractivity contribution in [3.05, 3.63) is 113 Å². The van der Waals surface area contributed by atoms with Crippen molar-refractivity contribution in [3.63, 3.8) is 0 Å². The van der Waals surface area contributed by atoms with Crippen LogP contribution in [0.3, 0.4) is 0 Å². The van der Waals surface area contributed by atoms with Gasteiger partial charge in [-0.15, -0.1) is 0 Å². The first-order chi connectivity index (χ1) is 21.4. The van der Waals surface area contributed by atoms with Crippen LogP contribution in [-0.2, 0) is 13.0 Å². The number of aromatic nitrogens is 3. The Balaban J connectivity index is 1.22. The van der Waals surface area contributed by atoms with Crippen molar-refractivity contribution >= 4 is 22.9 Å². The molecule has 44 heavy (non-hydrogen) atoms. The van der Waals surface area contributed by atoms with Crippen LogP contribution in [0.15, 0.2) is 79.3 Å². The molecule has 0 saturated carbocycles. The van der Waals surface area contributed by atoms with Crippen LogP contribution in [0.5, 0.6) is 0 Å². The van der Waals surface area contributed by atoms with Gasteiger partial charge in [-0.25, -0.2) is 4.98 Å². The van der Waals surface area contributed by atoms with Crippen molar-refractivity contribution in [3.8, 4) is 23.1 Å². The predicted molar refractivity (Wildman–Crippen MR) is 177 cm³/mol. The molecule has 3 heterocycles. The van der Waals surface area contributed by atoms with Gasteiger partial charge in [0.1, 0.15) is 5.69 Å². The number of amides is 1. The highest BCUT2D eigenvalue weighted by molar-refractivity contribution is 6.05. The van der Waals surface area contributed by atoms with Gasteiger partial charge in [-0.1, -0.05) is 37.1 Å². The summed E-state index contributed by atoms with van der Waals surface area (Å²) in [5.74, 6) is 6.39. The van der Waals surface area contributed by atoms with E-state index in [-0.39, 0.29) is 5.91 Å². The summed E-state index contributed by atoms with van der Waals surface area (Å²) in [6.45, 7) is 9.23. The number of hydrogen-bond donors (Lipinski definition) is 2. The fourth-order valence-electron chi connectivity index (χ4n) is 5.53. The van der Waals surface area contributed by atoms with Gasteiger partial charge in [0.15, 0.2) is 5.65 Å². The maximum absolute atomic E-state index is 13.5. The van der Waals surface area contributed by atoms with Gasteiger partial charge < -0.3 is 16.0 Å². The van der Waals surface area contributed by atoms with Crippen molar-refractivity contribution in [2.75, 3.05) is 44.3 Å². The molecule has 2 aromatic heterocycles. The normalized spacial score (nSPS) is 13.9. The number of piperazine rings is 1. The minimum atomic E-state index is -0.140. The van der Waals surface area contributed by atoms with E-state index in [4.69, 9.17) is 5.73 Å². The van der Waals surface area contributed by atoms with Crippen molar-refractivity contribution in [1.82, 2.24) is 24.2 Å². The van der Waals surface area contributed by atoms with Crippen LogP contribution in [0.2, 0.25) is 0 Å². The number of nitrogens with zero attached hydrogens (tertiary/aromatic N) is 5. The fourth-order valence-corrected chi connectivity index (χ4v) is 5.53. The number of nitrogen functional groups attached to an aromatic ring is 1. The zero-order valence-electron chi connectivity index (χ0n) is 25.5. The van der Waals surface area contributed by atoms with E-state index in [0.29, 0.717) is 16.9 Å². The first-order valence-electron chi connectivity index (χ1n) is 15.0. The third kappa shape index (κ3) is 6.50. The van der Waals surface area contributed by atoms with Crippen LogP contribution in [0.1, 0.15) is 45.2 Å². The largest absolute Gasteiger partial charge is 0.399 e. The molecule has 3 N–H and O–H groups in total. The lowest BCUT2D eigenvalue weighted by Gasteiger charge is -2.32. The number of hydrogen-bond acceptors (Lipinski definition) is 6. The van der Waals surface area contributed by atoms with Gasteiger partial charge in [0.25, 0.3) is 5.91 Å². The number of likely N-dealkylation sites (N-methyl/N-ethyl adjacent to an activating group) is 1. The number of rotatable bonds is 6. The fraction of sp³-hybridized carbons (Fsp3) is 0.250. The van der Waals surface area contributed by atoms with Crippen LogP contribution in [-0.4, -0.2) is 63.3 Å². The van der Waals surface area contributed by atoms with E-state index < -0.39 is 0 Å². The SMILES string of the molecule is CCc1cc(CN2CCN(C)CC2)cc(NC(=O)c2cccc(C#Cc3cnc4cnc(-c5ccc(N)cc5)cn34)c2C)c1. The lowest BCUT2D eigenvalue weighted by atomic mass is 10.0. The summed E-state index contributed by atoms with van der Waals surface area (Å²) in [7, 11) is 2.17. The molecule has 5 aromatic rings. The first-order valence-corrected chi connectivity index (χ1v) is 15.0. The molecule has 0 bridgehead atoms. The van der Waals surface area contributed by atoms with Gasteiger partial charge in [-0.2, -0.15) is 0 Å². The van der Waals surface area contributed by atoms with Crippen LogP contribution < -0.4 is 11.1 Å². The second-order valence-electron chi connectivity index (χ2n) is 11.4. The zero-order chi connectivity index (χ0) is 30.6. The second kappa shape index (κ2) is 12.7. The zero-order valence-corrected chi connectivity index (χ0v) is 25.5. The smallest absolute Gasteiger partial charge is 0.255 e. The Morgan fingerprint density at radius 1 is 0.955 bits per heavy atom. The van der Waals surface area contributed by atoms with Gasteiger partial charge in [0, 0.05) is 67.0 Å². The van der Waals surface area contributed by atoms with Crippen molar-refractivity contribution in [1.29, 1.82) is 0 Å². The Hall–Kier alpha value is -4.97. The number of carbonyl (C=O) groups excluding carboxylic acids is 1.